The Balaban J connectivity index is 6.05. The summed E-state index contributed by atoms with van der Waals surface area (Å²) in [6, 6.07) is 0. The molecule has 0 fully saturated rings. The van der Waals surface area contributed by atoms with E-state index >= 15 is 0 Å². The number of carbonyl (C=O) groups excluding carboxylic acids is 2. The third kappa shape index (κ3) is 1.57. The Morgan fingerprint density at radius 2 is 0.938 bits per heavy atom. The number of carboxylic acid groups (broad SMARTS) is 2. The normalized spacial score (nSPS) is 18.0. The molecule has 0 aromatic heterocycles. The van der Waals surface area contributed by atoms with E-state index in [9.17, 15) is 29.4 Å². The molecule has 90 valence electrons. The average molecular weight is 234 g/mol. The minimum Gasteiger partial charge on any atom is -0.479 e. The number of aliphatic hydroxyl groups is 2. The molecule has 0 amide bonds. The molecule has 2 atom stereocenters. The second-order valence-corrected chi connectivity index (χ2v) is 3.14. The van der Waals surface area contributed by atoms with Gasteiger partial charge in [0.05, 0.1) is 0 Å². The lowest BCUT2D eigenvalue weighted by Crippen LogP contribution is -2.70. The predicted molar refractivity (Wildman–Crippen MR) is 46.5 cm³/mol. The lowest BCUT2D eigenvalue weighted by molar-refractivity contribution is -0.206. The van der Waals surface area contributed by atoms with Gasteiger partial charge in [-0.1, -0.05) is 0 Å². The third-order valence-electron chi connectivity index (χ3n) is 2.16. The molecule has 0 spiro atoms. The second kappa shape index (κ2) is 3.99. The van der Waals surface area contributed by atoms with Gasteiger partial charge in [0, 0.05) is 0 Å². The summed E-state index contributed by atoms with van der Waals surface area (Å²) in [6.07, 6.45) is 0. The van der Waals surface area contributed by atoms with E-state index in [-0.39, 0.29) is 0 Å². The molecule has 0 saturated heterocycles. The number of hydrogen-bond donors (Lipinski definition) is 4. The topological polar surface area (TPSA) is 149 Å². The average Bonchev–Trinajstić information content (AvgIpc) is 2.13. The number of carbonyl (C=O) groups is 4. The summed E-state index contributed by atoms with van der Waals surface area (Å²) in [5, 5.41) is 36.0. The molecular weight excluding hydrogens is 224 g/mol. The molecule has 0 aliphatic rings. The van der Waals surface area contributed by atoms with E-state index in [2.05, 4.69) is 0 Å². The Kier molecular flexibility index (Phi) is 3.54. The Morgan fingerprint density at radius 1 is 0.750 bits per heavy atom. The van der Waals surface area contributed by atoms with E-state index in [4.69, 9.17) is 10.2 Å². The summed E-state index contributed by atoms with van der Waals surface area (Å²) in [7, 11) is 0. The van der Waals surface area contributed by atoms with Gasteiger partial charge in [-0.3, -0.25) is 9.59 Å². The molecule has 0 heterocycles. The monoisotopic (exact) mass is 234 g/mol. The molecule has 0 rings (SSSR count). The summed E-state index contributed by atoms with van der Waals surface area (Å²) in [6.45, 7) is 1.09. The molecule has 0 aliphatic heterocycles. The summed E-state index contributed by atoms with van der Waals surface area (Å²) < 4.78 is 0. The Bertz CT molecular complexity index is 304. The van der Waals surface area contributed by atoms with Crippen LogP contribution in [0.15, 0.2) is 0 Å². The lowest BCUT2D eigenvalue weighted by Gasteiger charge is -2.32. The van der Waals surface area contributed by atoms with Crippen molar-refractivity contribution in [1.29, 1.82) is 0 Å². The van der Waals surface area contributed by atoms with Gasteiger partial charge in [0.15, 0.2) is 11.6 Å². The van der Waals surface area contributed by atoms with Crippen molar-refractivity contribution in [3.05, 3.63) is 0 Å². The zero-order valence-corrected chi connectivity index (χ0v) is 8.42. The van der Waals surface area contributed by atoms with Gasteiger partial charge in [-0.15, -0.1) is 0 Å². The molecule has 0 bridgehead atoms. The predicted octanol–water partition coefficient (Wildman–Crippen LogP) is -2.20. The van der Waals surface area contributed by atoms with Crippen molar-refractivity contribution in [2.75, 3.05) is 0 Å². The molecule has 8 nitrogen and oxygen atoms in total. The van der Waals surface area contributed by atoms with E-state index in [1.807, 2.05) is 0 Å². The van der Waals surface area contributed by atoms with E-state index in [1.165, 1.54) is 0 Å². The molecule has 8 heteroatoms. The van der Waals surface area contributed by atoms with Gasteiger partial charge in [0.1, 0.15) is 0 Å². The number of Topliss-reactive ketones (excluding diaryl/α,β-unsaturated/α-hetero) is 2. The fraction of sp³-hybridized carbons (Fsp3) is 0.500. The Hall–Kier alpha value is -1.80. The van der Waals surface area contributed by atoms with Crippen LogP contribution in [-0.2, 0) is 19.2 Å². The maximum atomic E-state index is 11.0. The maximum Gasteiger partial charge on any atom is 0.347 e. The van der Waals surface area contributed by atoms with Crippen LogP contribution >= 0.6 is 0 Å². The Morgan fingerprint density at radius 3 is 1.00 bits per heavy atom. The number of carboxylic acids is 2. The van der Waals surface area contributed by atoms with Crippen LogP contribution in [0.2, 0.25) is 0 Å². The van der Waals surface area contributed by atoms with Crippen LogP contribution in [0.25, 0.3) is 0 Å². The smallest absolute Gasteiger partial charge is 0.347 e. The van der Waals surface area contributed by atoms with Crippen molar-refractivity contribution in [1.82, 2.24) is 0 Å². The van der Waals surface area contributed by atoms with E-state index in [1.54, 1.807) is 0 Å². The molecule has 0 saturated carbocycles. The molecule has 16 heavy (non-hydrogen) atoms. The molecule has 0 radical (unpaired) electrons. The van der Waals surface area contributed by atoms with Crippen LogP contribution in [0.5, 0.6) is 0 Å². The Labute approximate surface area is 89.1 Å². The van der Waals surface area contributed by atoms with Crippen molar-refractivity contribution in [2.24, 2.45) is 0 Å². The number of hydrogen-bond acceptors (Lipinski definition) is 6. The molecule has 0 aromatic carbocycles. The first kappa shape index (κ1) is 14.2. The maximum absolute atomic E-state index is 11.0. The van der Waals surface area contributed by atoms with E-state index in [0.29, 0.717) is 13.8 Å². The highest BCUT2D eigenvalue weighted by Crippen LogP contribution is 2.26. The van der Waals surface area contributed by atoms with Crippen LogP contribution < -0.4 is 0 Å². The molecule has 4 N–H and O–H groups in total. The van der Waals surface area contributed by atoms with Crippen molar-refractivity contribution in [3.8, 4) is 0 Å². The number of aliphatic carboxylic acids is 2. The van der Waals surface area contributed by atoms with Crippen molar-refractivity contribution >= 4 is 23.5 Å². The molecule has 0 aliphatic carbocycles. The largest absolute Gasteiger partial charge is 0.479 e. The van der Waals surface area contributed by atoms with Gasteiger partial charge in [-0.2, -0.15) is 0 Å². The van der Waals surface area contributed by atoms with Crippen LogP contribution in [0.3, 0.4) is 0 Å². The minimum atomic E-state index is -3.72. The molecule has 0 unspecified atom stereocenters. The minimum absolute atomic E-state index is 0.547. The fourth-order valence-corrected chi connectivity index (χ4v) is 1.12. The van der Waals surface area contributed by atoms with Crippen LogP contribution in [0.1, 0.15) is 13.8 Å². The van der Waals surface area contributed by atoms with Gasteiger partial charge >= 0.3 is 11.9 Å². The second-order valence-electron chi connectivity index (χ2n) is 3.14. The highest BCUT2D eigenvalue weighted by atomic mass is 16.5. The first-order valence-corrected chi connectivity index (χ1v) is 3.96. The van der Waals surface area contributed by atoms with Gasteiger partial charge in [0.25, 0.3) is 11.2 Å². The summed E-state index contributed by atoms with van der Waals surface area (Å²) in [5.74, 6) is -7.78. The zero-order valence-electron chi connectivity index (χ0n) is 8.42. The van der Waals surface area contributed by atoms with Crippen LogP contribution in [-0.4, -0.2) is 55.1 Å². The van der Waals surface area contributed by atoms with Gasteiger partial charge in [0.2, 0.25) is 0 Å². The van der Waals surface area contributed by atoms with Crippen molar-refractivity contribution in [2.45, 2.75) is 25.0 Å². The van der Waals surface area contributed by atoms with Crippen molar-refractivity contribution in [3.63, 3.8) is 0 Å². The highest BCUT2D eigenvalue weighted by molar-refractivity contribution is 6.20. The van der Waals surface area contributed by atoms with Crippen LogP contribution in [0.4, 0.5) is 0 Å². The standard InChI is InChI=1S/C8H10O8/c1-3(9)7(15,5(11)12)8(16,4(2)10)6(13)14/h15-16H,1-2H3,(H,11,12)(H,13,14)/t7-,8-/m0/s1. The summed E-state index contributed by atoms with van der Waals surface area (Å²) >= 11 is 0. The van der Waals surface area contributed by atoms with Crippen molar-refractivity contribution < 1.29 is 39.6 Å². The third-order valence-corrected chi connectivity index (χ3v) is 2.16. The summed E-state index contributed by atoms with van der Waals surface area (Å²) in [5.41, 5.74) is -7.44. The SMILES string of the molecule is CC(=O)[C@](O)(C(=O)O)[C@](O)(C(C)=O)C(=O)O. The van der Waals surface area contributed by atoms with Crippen LogP contribution in [0, 0.1) is 0 Å². The highest BCUT2D eigenvalue weighted by Gasteiger charge is 2.67. The van der Waals surface area contributed by atoms with Gasteiger partial charge in [-0.25, -0.2) is 9.59 Å². The quantitative estimate of drug-likeness (QED) is 0.391. The lowest BCUT2D eigenvalue weighted by atomic mass is 9.77. The molecule has 0 aromatic rings. The van der Waals surface area contributed by atoms with Gasteiger partial charge < -0.3 is 20.4 Å². The number of ketones is 2. The summed E-state index contributed by atoms with van der Waals surface area (Å²) in [4.78, 5) is 43.3. The fourth-order valence-electron chi connectivity index (χ4n) is 1.12. The van der Waals surface area contributed by atoms with E-state index in [0.717, 1.165) is 0 Å². The first-order valence-electron chi connectivity index (χ1n) is 3.96. The molecular formula is C8H10O8. The van der Waals surface area contributed by atoms with E-state index < -0.39 is 34.7 Å². The zero-order chi connectivity index (χ0) is 13.3. The van der Waals surface area contributed by atoms with Gasteiger partial charge in [-0.05, 0) is 13.8 Å². The first-order chi connectivity index (χ1) is 7.02. The number of rotatable bonds is 5.